The molecule has 6 nitrogen and oxygen atoms in total. The number of carbonyl (C=O) groups is 2. The quantitative estimate of drug-likeness (QED) is 0.368. The summed E-state index contributed by atoms with van der Waals surface area (Å²) in [5, 5.41) is 8.67. The van der Waals surface area contributed by atoms with Gasteiger partial charge in [-0.15, -0.1) is 11.3 Å². The van der Waals surface area contributed by atoms with E-state index < -0.39 is 5.41 Å². The number of nitrogens with one attached hydrogen (secondary N) is 1. The number of fused-ring (bicyclic) bond motifs is 2. The second-order valence-corrected chi connectivity index (χ2v) is 11.1. The van der Waals surface area contributed by atoms with Crippen molar-refractivity contribution in [3.63, 3.8) is 0 Å². The normalized spacial score (nSPS) is 14.6. The lowest BCUT2D eigenvalue weighted by atomic mass is 9.86. The Kier molecular flexibility index (Phi) is 5.61. The molecule has 0 unspecified atom stereocenters. The number of halogens is 1. The molecule has 4 aromatic rings. The van der Waals surface area contributed by atoms with E-state index in [-0.39, 0.29) is 11.8 Å². The average Bonchev–Trinajstić information content (AvgIpc) is 3.40. The predicted octanol–water partition coefficient (Wildman–Crippen LogP) is 5.46. The van der Waals surface area contributed by atoms with Crippen molar-refractivity contribution in [3.8, 4) is 0 Å². The predicted molar refractivity (Wildman–Crippen MR) is 139 cm³/mol. The zero-order valence-corrected chi connectivity index (χ0v) is 21.9. The van der Waals surface area contributed by atoms with Crippen molar-refractivity contribution in [1.29, 1.82) is 0 Å². The highest BCUT2D eigenvalue weighted by Gasteiger charge is 2.44. The minimum Gasteiger partial charge on any atom is -0.347 e. The lowest BCUT2D eigenvalue weighted by molar-refractivity contribution is -0.122. The molecule has 174 valence electrons. The SMILES string of the molecule is Cc1nn(C)c(CN2C(=O)C(C)(C)c3ccc(C(=O)NCc4cc5ccccc5s4)cc32)c1Br. The molecule has 5 rings (SSSR count). The maximum absolute atomic E-state index is 13.4. The van der Waals surface area contributed by atoms with Crippen LogP contribution in [-0.2, 0) is 30.3 Å². The van der Waals surface area contributed by atoms with Gasteiger partial charge in [-0.25, -0.2) is 0 Å². The molecule has 8 heteroatoms. The lowest BCUT2D eigenvalue weighted by Crippen LogP contribution is -2.36. The summed E-state index contributed by atoms with van der Waals surface area (Å²) in [6.07, 6.45) is 0. The lowest BCUT2D eigenvalue weighted by Gasteiger charge is -2.21. The van der Waals surface area contributed by atoms with Gasteiger partial charge in [-0.1, -0.05) is 24.3 Å². The smallest absolute Gasteiger partial charge is 0.251 e. The van der Waals surface area contributed by atoms with Gasteiger partial charge in [-0.2, -0.15) is 5.10 Å². The number of aryl methyl sites for hydroxylation is 2. The van der Waals surface area contributed by atoms with Gasteiger partial charge in [-0.05, 0) is 71.9 Å². The second-order valence-electron chi connectivity index (χ2n) is 9.15. The fraction of sp³-hybridized carbons (Fsp3) is 0.269. The fourth-order valence-corrected chi connectivity index (χ4v) is 6.00. The number of hydrogen-bond donors (Lipinski definition) is 1. The number of anilines is 1. The van der Waals surface area contributed by atoms with Crippen molar-refractivity contribution in [2.45, 2.75) is 39.3 Å². The third-order valence-corrected chi connectivity index (χ3v) is 8.62. The van der Waals surface area contributed by atoms with Gasteiger partial charge in [0, 0.05) is 27.9 Å². The van der Waals surface area contributed by atoms with Crippen LogP contribution in [0.5, 0.6) is 0 Å². The first kappa shape index (κ1) is 22.8. The van der Waals surface area contributed by atoms with Gasteiger partial charge in [0.15, 0.2) is 0 Å². The molecule has 0 aliphatic carbocycles. The molecule has 2 aromatic carbocycles. The number of hydrogen-bond acceptors (Lipinski definition) is 4. The number of carbonyl (C=O) groups excluding carboxylic acids is 2. The first-order valence-electron chi connectivity index (χ1n) is 11.1. The Morgan fingerprint density at radius 1 is 1.18 bits per heavy atom. The standard InChI is InChI=1S/C26H25BrN4O2S/c1-15-23(27)21(30(4)29-15)14-31-20-12-17(9-10-19(20)26(2,3)25(31)33)24(32)28-13-18-11-16-7-5-6-8-22(16)34-18/h5-12H,13-14H2,1-4H3,(H,28,32). The van der Waals surface area contributed by atoms with Crippen molar-refractivity contribution < 1.29 is 9.59 Å². The topological polar surface area (TPSA) is 67.2 Å². The van der Waals surface area contributed by atoms with Crippen LogP contribution in [0.4, 0.5) is 5.69 Å². The van der Waals surface area contributed by atoms with Crippen LogP contribution >= 0.6 is 27.3 Å². The minimum absolute atomic E-state index is 0.0103. The number of amides is 2. The molecular weight excluding hydrogens is 512 g/mol. The molecule has 0 saturated carbocycles. The third kappa shape index (κ3) is 3.75. The maximum Gasteiger partial charge on any atom is 0.251 e. The summed E-state index contributed by atoms with van der Waals surface area (Å²) in [6.45, 7) is 6.62. The van der Waals surface area contributed by atoms with E-state index in [0.29, 0.717) is 18.7 Å². The summed E-state index contributed by atoms with van der Waals surface area (Å²) in [6, 6.07) is 15.9. The van der Waals surface area contributed by atoms with Crippen LogP contribution in [0.3, 0.4) is 0 Å². The molecule has 2 aromatic heterocycles. The molecule has 34 heavy (non-hydrogen) atoms. The van der Waals surface area contributed by atoms with E-state index >= 15 is 0 Å². The van der Waals surface area contributed by atoms with E-state index in [1.54, 1.807) is 20.9 Å². The summed E-state index contributed by atoms with van der Waals surface area (Å²) in [4.78, 5) is 29.3. The van der Waals surface area contributed by atoms with Gasteiger partial charge in [0.05, 0.1) is 34.4 Å². The zero-order valence-electron chi connectivity index (χ0n) is 19.5. The molecule has 0 spiro atoms. The van der Waals surface area contributed by atoms with Crippen molar-refractivity contribution >= 4 is 54.9 Å². The Morgan fingerprint density at radius 3 is 2.65 bits per heavy atom. The molecule has 0 atom stereocenters. The average molecular weight is 537 g/mol. The summed E-state index contributed by atoms with van der Waals surface area (Å²) in [5.41, 5.74) is 3.35. The zero-order chi connectivity index (χ0) is 24.2. The molecule has 2 amide bonds. The van der Waals surface area contributed by atoms with Gasteiger partial charge in [0.2, 0.25) is 5.91 Å². The maximum atomic E-state index is 13.4. The summed E-state index contributed by atoms with van der Waals surface area (Å²) < 4.78 is 3.89. The minimum atomic E-state index is -0.665. The van der Waals surface area contributed by atoms with Crippen molar-refractivity contribution in [3.05, 3.63) is 80.4 Å². The first-order chi connectivity index (χ1) is 16.2. The van der Waals surface area contributed by atoms with Crippen LogP contribution < -0.4 is 10.2 Å². The van der Waals surface area contributed by atoms with E-state index in [9.17, 15) is 9.59 Å². The van der Waals surface area contributed by atoms with Gasteiger partial charge in [-0.3, -0.25) is 14.3 Å². The number of aromatic nitrogens is 2. The second kappa shape index (κ2) is 8.36. The first-order valence-corrected chi connectivity index (χ1v) is 12.7. The number of thiophene rings is 1. The monoisotopic (exact) mass is 536 g/mol. The van der Waals surface area contributed by atoms with Crippen molar-refractivity contribution in [1.82, 2.24) is 15.1 Å². The van der Waals surface area contributed by atoms with Crippen LogP contribution in [0.1, 0.15) is 46.0 Å². The number of benzene rings is 2. The Hall–Kier alpha value is -2.97. The highest BCUT2D eigenvalue weighted by atomic mass is 79.9. The Morgan fingerprint density at radius 2 is 1.94 bits per heavy atom. The number of rotatable bonds is 5. The van der Waals surface area contributed by atoms with Gasteiger partial charge < -0.3 is 10.2 Å². The largest absolute Gasteiger partial charge is 0.347 e. The summed E-state index contributed by atoms with van der Waals surface area (Å²) in [7, 11) is 1.87. The van der Waals surface area contributed by atoms with Gasteiger partial charge >= 0.3 is 0 Å². The van der Waals surface area contributed by atoms with Crippen LogP contribution in [0, 0.1) is 6.92 Å². The molecule has 0 saturated heterocycles. The van der Waals surface area contributed by atoms with Crippen LogP contribution in [0.2, 0.25) is 0 Å². The molecule has 0 radical (unpaired) electrons. The van der Waals surface area contributed by atoms with E-state index in [1.807, 2.05) is 58.2 Å². The van der Waals surface area contributed by atoms with Crippen LogP contribution in [-0.4, -0.2) is 21.6 Å². The van der Waals surface area contributed by atoms with E-state index in [0.717, 1.165) is 32.0 Å². The van der Waals surface area contributed by atoms with Crippen molar-refractivity contribution in [2.24, 2.45) is 7.05 Å². The van der Waals surface area contributed by atoms with E-state index in [4.69, 9.17) is 0 Å². The van der Waals surface area contributed by atoms with Crippen LogP contribution in [0.25, 0.3) is 10.1 Å². The Balaban J connectivity index is 1.41. The summed E-state index contributed by atoms with van der Waals surface area (Å²) in [5.74, 6) is -0.147. The van der Waals surface area contributed by atoms with Crippen molar-refractivity contribution in [2.75, 3.05) is 4.90 Å². The van der Waals surface area contributed by atoms with Gasteiger partial charge in [0.25, 0.3) is 5.91 Å². The highest BCUT2D eigenvalue weighted by molar-refractivity contribution is 9.10. The number of nitrogens with zero attached hydrogens (tertiary/aromatic N) is 3. The Labute approximate surface area is 210 Å². The molecule has 1 aliphatic heterocycles. The third-order valence-electron chi connectivity index (χ3n) is 6.47. The molecular formula is C26H25BrN4O2S. The molecule has 0 fully saturated rings. The van der Waals surface area contributed by atoms with Gasteiger partial charge in [0.1, 0.15) is 0 Å². The highest BCUT2D eigenvalue weighted by Crippen LogP contribution is 2.43. The van der Waals surface area contributed by atoms with E-state index in [2.05, 4.69) is 44.5 Å². The Bertz CT molecular complexity index is 1420. The van der Waals surface area contributed by atoms with Crippen LogP contribution in [0.15, 0.2) is 53.0 Å². The molecule has 1 N–H and O–H groups in total. The molecule has 1 aliphatic rings. The fourth-order valence-electron chi connectivity index (χ4n) is 4.54. The summed E-state index contributed by atoms with van der Waals surface area (Å²) >= 11 is 5.29. The molecule has 0 bridgehead atoms. The van der Waals surface area contributed by atoms with E-state index in [1.165, 1.54) is 10.1 Å². The molecule has 3 heterocycles.